The van der Waals surface area contributed by atoms with Gasteiger partial charge in [-0.25, -0.2) is 9.97 Å². The number of carbonyl (C=O) groups is 1. The van der Waals surface area contributed by atoms with Crippen LogP contribution in [0.5, 0.6) is 0 Å². The maximum Gasteiger partial charge on any atom is 0.275 e. The number of ether oxygens (including phenoxy) is 2. The fourth-order valence-corrected chi connectivity index (χ4v) is 3.86. The lowest BCUT2D eigenvalue weighted by Gasteiger charge is -2.37. The maximum absolute atomic E-state index is 12.6. The van der Waals surface area contributed by atoms with E-state index in [1.165, 1.54) is 6.20 Å². The Morgan fingerprint density at radius 3 is 2.55 bits per heavy atom. The molecule has 0 aliphatic carbocycles. The molecule has 2 aliphatic heterocycles. The monoisotopic (exact) mass is 391 g/mol. The summed E-state index contributed by atoms with van der Waals surface area (Å²) in [6, 6.07) is 9.49. The van der Waals surface area contributed by atoms with Crippen molar-refractivity contribution in [3.8, 4) is 0 Å². The molecule has 4 heterocycles. The van der Waals surface area contributed by atoms with E-state index < -0.39 is 5.79 Å². The number of anilines is 2. The first-order valence-corrected chi connectivity index (χ1v) is 9.73. The minimum Gasteiger partial charge on any atom is -0.355 e. The summed E-state index contributed by atoms with van der Waals surface area (Å²) in [7, 11) is 0. The van der Waals surface area contributed by atoms with Crippen molar-refractivity contribution in [3.05, 3.63) is 54.6 Å². The molecule has 8 nitrogen and oxygen atoms in total. The molecule has 148 valence electrons. The predicted octanol–water partition coefficient (Wildman–Crippen LogP) is 2.62. The van der Waals surface area contributed by atoms with E-state index in [-0.39, 0.29) is 11.6 Å². The molecule has 2 aliphatic rings. The van der Waals surface area contributed by atoms with Crippen LogP contribution in [0.15, 0.2) is 48.9 Å². The number of amides is 1. The number of para-hydroxylation sites is 1. The van der Waals surface area contributed by atoms with Gasteiger partial charge >= 0.3 is 0 Å². The second-order valence-electron chi connectivity index (χ2n) is 7.19. The van der Waals surface area contributed by atoms with Crippen molar-refractivity contribution in [1.29, 1.82) is 0 Å². The second-order valence-corrected chi connectivity index (χ2v) is 7.19. The Kier molecular flexibility index (Phi) is 4.57. The molecule has 8 heteroatoms. The lowest BCUT2D eigenvalue weighted by Crippen LogP contribution is -2.45. The summed E-state index contributed by atoms with van der Waals surface area (Å²) in [6.45, 7) is 2.88. The summed E-state index contributed by atoms with van der Waals surface area (Å²) < 4.78 is 11.5. The van der Waals surface area contributed by atoms with Crippen LogP contribution in [0.2, 0.25) is 0 Å². The third-order valence-corrected chi connectivity index (χ3v) is 5.41. The quantitative estimate of drug-likeness (QED) is 0.734. The Bertz CT molecular complexity index is 1020. The normalized spacial score (nSPS) is 18.3. The highest BCUT2D eigenvalue weighted by Crippen LogP contribution is 2.32. The number of rotatable bonds is 3. The van der Waals surface area contributed by atoms with Crippen LogP contribution in [0, 0.1) is 0 Å². The number of hydrogen-bond acceptors (Lipinski definition) is 7. The van der Waals surface area contributed by atoms with Crippen molar-refractivity contribution in [2.75, 3.05) is 36.5 Å². The largest absolute Gasteiger partial charge is 0.355 e. The first-order valence-electron chi connectivity index (χ1n) is 9.73. The third kappa shape index (κ3) is 3.52. The van der Waals surface area contributed by atoms with Gasteiger partial charge in [-0.3, -0.25) is 9.78 Å². The molecule has 0 bridgehead atoms. The first kappa shape index (κ1) is 18.0. The Balaban J connectivity index is 1.27. The smallest absolute Gasteiger partial charge is 0.275 e. The number of benzene rings is 1. The van der Waals surface area contributed by atoms with E-state index in [9.17, 15) is 4.79 Å². The molecular formula is C21H21N5O3. The highest BCUT2D eigenvalue weighted by atomic mass is 16.7. The molecule has 0 atom stereocenters. The number of carbonyl (C=O) groups excluding carboxylic acids is 1. The lowest BCUT2D eigenvalue weighted by atomic mass is 10.0. The van der Waals surface area contributed by atoms with Gasteiger partial charge in [0.2, 0.25) is 0 Å². The zero-order valence-electron chi connectivity index (χ0n) is 15.9. The van der Waals surface area contributed by atoms with Crippen molar-refractivity contribution in [1.82, 2.24) is 15.0 Å². The minimum absolute atomic E-state index is 0.262. The Hall–Kier alpha value is -3.10. The van der Waals surface area contributed by atoms with Gasteiger partial charge < -0.3 is 19.7 Å². The molecule has 2 aromatic heterocycles. The van der Waals surface area contributed by atoms with Crippen LogP contribution in [0.4, 0.5) is 11.5 Å². The molecule has 1 aromatic carbocycles. The molecule has 1 amide bonds. The van der Waals surface area contributed by atoms with E-state index in [0.29, 0.717) is 18.9 Å². The number of fused-ring (bicyclic) bond motifs is 1. The Labute approximate surface area is 167 Å². The highest BCUT2D eigenvalue weighted by Gasteiger charge is 2.40. The van der Waals surface area contributed by atoms with Crippen molar-refractivity contribution in [2.45, 2.75) is 18.6 Å². The molecule has 1 N–H and O–H groups in total. The molecule has 2 fully saturated rings. The second kappa shape index (κ2) is 7.38. The van der Waals surface area contributed by atoms with Gasteiger partial charge in [0.05, 0.1) is 36.8 Å². The van der Waals surface area contributed by atoms with Crippen LogP contribution in [-0.2, 0) is 9.47 Å². The van der Waals surface area contributed by atoms with Crippen LogP contribution in [0.25, 0.3) is 10.9 Å². The van der Waals surface area contributed by atoms with E-state index in [1.807, 2.05) is 30.3 Å². The van der Waals surface area contributed by atoms with Crippen molar-refractivity contribution in [3.63, 3.8) is 0 Å². The van der Waals surface area contributed by atoms with Gasteiger partial charge in [0.15, 0.2) is 5.79 Å². The minimum atomic E-state index is -0.420. The average molecular weight is 391 g/mol. The fourth-order valence-electron chi connectivity index (χ4n) is 3.86. The van der Waals surface area contributed by atoms with Crippen LogP contribution >= 0.6 is 0 Å². The molecule has 29 heavy (non-hydrogen) atoms. The van der Waals surface area contributed by atoms with Crippen molar-refractivity contribution < 1.29 is 14.3 Å². The maximum atomic E-state index is 12.6. The van der Waals surface area contributed by atoms with E-state index in [4.69, 9.17) is 9.47 Å². The van der Waals surface area contributed by atoms with Gasteiger partial charge in [0.25, 0.3) is 5.91 Å². The van der Waals surface area contributed by atoms with Crippen LogP contribution in [0.1, 0.15) is 23.3 Å². The zero-order chi connectivity index (χ0) is 19.7. The Morgan fingerprint density at radius 2 is 1.79 bits per heavy atom. The standard InChI is InChI=1S/C21H21N5O3/c27-20(25-16-5-1-3-15-4-2-8-22-19(15)16)17-13-24-18(14-23-17)26-9-6-21(7-10-26)28-11-12-29-21/h1-5,8,13-14H,6-7,9-12H2,(H,25,27). The zero-order valence-corrected chi connectivity index (χ0v) is 15.9. The van der Waals surface area contributed by atoms with Gasteiger partial charge in [0.1, 0.15) is 11.5 Å². The number of nitrogens with zero attached hydrogens (tertiary/aromatic N) is 4. The highest BCUT2D eigenvalue weighted by molar-refractivity contribution is 6.07. The van der Waals surface area contributed by atoms with E-state index in [0.717, 1.165) is 42.7 Å². The summed E-state index contributed by atoms with van der Waals surface area (Å²) in [4.78, 5) is 27.9. The van der Waals surface area contributed by atoms with Crippen molar-refractivity contribution in [2.24, 2.45) is 0 Å². The summed E-state index contributed by atoms with van der Waals surface area (Å²) >= 11 is 0. The average Bonchev–Trinajstić information content (AvgIpc) is 3.22. The summed E-state index contributed by atoms with van der Waals surface area (Å²) in [5.74, 6) is 0.0183. The number of nitrogens with one attached hydrogen (secondary N) is 1. The van der Waals surface area contributed by atoms with Gasteiger partial charge in [0, 0.05) is 37.5 Å². The van der Waals surface area contributed by atoms with Crippen molar-refractivity contribution >= 4 is 28.3 Å². The number of piperidine rings is 1. The summed E-state index contributed by atoms with van der Waals surface area (Å²) in [5.41, 5.74) is 1.65. The van der Waals surface area contributed by atoms with Crippen LogP contribution in [0.3, 0.4) is 0 Å². The van der Waals surface area contributed by atoms with Crippen LogP contribution < -0.4 is 10.2 Å². The number of aromatic nitrogens is 3. The third-order valence-electron chi connectivity index (χ3n) is 5.41. The fraction of sp³-hybridized carbons (Fsp3) is 0.333. The van der Waals surface area contributed by atoms with Gasteiger partial charge in [-0.1, -0.05) is 18.2 Å². The summed E-state index contributed by atoms with van der Waals surface area (Å²) in [6.07, 6.45) is 6.45. The molecule has 0 unspecified atom stereocenters. The molecule has 0 saturated carbocycles. The van der Waals surface area contributed by atoms with E-state index in [1.54, 1.807) is 12.4 Å². The summed E-state index contributed by atoms with van der Waals surface area (Å²) in [5, 5.41) is 3.85. The predicted molar refractivity (Wildman–Crippen MR) is 108 cm³/mol. The number of pyridine rings is 1. The topological polar surface area (TPSA) is 89.5 Å². The lowest BCUT2D eigenvalue weighted by molar-refractivity contribution is -0.169. The van der Waals surface area contributed by atoms with Gasteiger partial charge in [-0.15, -0.1) is 0 Å². The molecule has 0 radical (unpaired) electrons. The molecule has 1 spiro atoms. The molecule has 5 rings (SSSR count). The van der Waals surface area contributed by atoms with Crippen LogP contribution in [-0.4, -0.2) is 52.9 Å². The van der Waals surface area contributed by atoms with E-state index in [2.05, 4.69) is 25.2 Å². The van der Waals surface area contributed by atoms with Gasteiger partial charge in [-0.05, 0) is 12.1 Å². The molecular weight excluding hydrogens is 370 g/mol. The van der Waals surface area contributed by atoms with Gasteiger partial charge in [-0.2, -0.15) is 0 Å². The Morgan fingerprint density at radius 1 is 1.00 bits per heavy atom. The first-order chi connectivity index (χ1) is 14.2. The number of hydrogen-bond donors (Lipinski definition) is 1. The SMILES string of the molecule is O=C(Nc1cccc2cccnc12)c1cnc(N2CCC3(CC2)OCCO3)cn1. The van der Waals surface area contributed by atoms with E-state index >= 15 is 0 Å². The molecule has 3 aromatic rings. The molecule has 2 saturated heterocycles.